The molecule has 0 unspecified atom stereocenters. The molecular formula is C13H8F2N2S. The Labute approximate surface area is 107 Å². The summed E-state index contributed by atoms with van der Waals surface area (Å²) in [4.78, 5) is 0.910. The van der Waals surface area contributed by atoms with E-state index in [2.05, 4.69) is 0 Å². The summed E-state index contributed by atoms with van der Waals surface area (Å²) in [5.74, 6) is -1.26. The number of nitrogens with two attached hydrogens (primary N) is 1. The van der Waals surface area contributed by atoms with E-state index in [4.69, 9.17) is 11.0 Å². The summed E-state index contributed by atoms with van der Waals surface area (Å²) in [6, 6.07) is 10.1. The summed E-state index contributed by atoms with van der Waals surface area (Å²) < 4.78 is 26.2. The van der Waals surface area contributed by atoms with Crippen molar-refractivity contribution in [3.8, 4) is 6.07 Å². The predicted molar refractivity (Wildman–Crippen MR) is 66.1 cm³/mol. The lowest BCUT2D eigenvalue weighted by Gasteiger charge is -2.06. The van der Waals surface area contributed by atoms with Crippen LogP contribution in [0.5, 0.6) is 0 Å². The molecule has 0 fully saturated rings. The van der Waals surface area contributed by atoms with Gasteiger partial charge >= 0.3 is 0 Å². The van der Waals surface area contributed by atoms with Crippen molar-refractivity contribution in [2.75, 3.05) is 5.73 Å². The van der Waals surface area contributed by atoms with Crippen molar-refractivity contribution in [2.24, 2.45) is 0 Å². The molecule has 2 aromatic rings. The van der Waals surface area contributed by atoms with Gasteiger partial charge in [-0.15, -0.1) is 0 Å². The zero-order valence-corrected chi connectivity index (χ0v) is 9.97. The zero-order valence-electron chi connectivity index (χ0n) is 9.15. The third-order valence-corrected chi connectivity index (χ3v) is 3.40. The van der Waals surface area contributed by atoms with Gasteiger partial charge < -0.3 is 5.73 Å². The van der Waals surface area contributed by atoms with E-state index in [1.54, 1.807) is 12.1 Å². The molecule has 0 aliphatic heterocycles. The lowest BCUT2D eigenvalue weighted by Crippen LogP contribution is -1.91. The molecular weight excluding hydrogens is 254 g/mol. The van der Waals surface area contributed by atoms with Gasteiger partial charge in [-0.2, -0.15) is 5.26 Å². The Hall–Kier alpha value is -2.06. The highest BCUT2D eigenvalue weighted by molar-refractivity contribution is 7.99. The fourth-order valence-corrected chi connectivity index (χ4v) is 2.23. The summed E-state index contributed by atoms with van der Waals surface area (Å²) in [5, 5.41) is 8.70. The van der Waals surface area contributed by atoms with Crippen LogP contribution in [0.2, 0.25) is 0 Å². The number of hydrogen-bond acceptors (Lipinski definition) is 3. The van der Waals surface area contributed by atoms with Gasteiger partial charge in [0.05, 0.1) is 11.6 Å². The highest BCUT2D eigenvalue weighted by atomic mass is 32.2. The van der Waals surface area contributed by atoms with Crippen LogP contribution in [0.3, 0.4) is 0 Å². The van der Waals surface area contributed by atoms with Crippen molar-refractivity contribution < 1.29 is 8.78 Å². The summed E-state index contributed by atoms with van der Waals surface area (Å²) in [5.41, 5.74) is 6.59. The van der Waals surface area contributed by atoms with Crippen molar-refractivity contribution in [1.29, 1.82) is 5.26 Å². The van der Waals surface area contributed by atoms with Gasteiger partial charge in [-0.1, -0.05) is 11.8 Å². The monoisotopic (exact) mass is 262 g/mol. The Morgan fingerprint density at radius 1 is 1.06 bits per heavy atom. The van der Waals surface area contributed by atoms with E-state index in [-0.39, 0.29) is 4.90 Å². The quantitative estimate of drug-likeness (QED) is 0.842. The number of benzene rings is 2. The van der Waals surface area contributed by atoms with Crippen LogP contribution in [0, 0.1) is 23.0 Å². The third-order valence-electron chi connectivity index (χ3n) is 2.25. The summed E-state index contributed by atoms with van der Waals surface area (Å²) >= 11 is 1.09. The van der Waals surface area contributed by atoms with Crippen LogP contribution in [-0.4, -0.2) is 0 Å². The van der Waals surface area contributed by atoms with Gasteiger partial charge in [0.2, 0.25) is 0 Å². The number of nitriles is 1. The Balaban J connectivity index is 2.32. The lowest BCUT2D eigenvalue weighted by atomic mass is 10.2. The van der Waals surface area contributed by atoms with E-state index in [0.29, 0.717) is 16.1 Å². The maximum absolute atomic E-state index is 13.5. The second-order valence-electron chi connectivity index (χ2n) is 3.54. The van der Waals surface area contributed by atoms with E-state index >= 15 is 0 Å². The van der Waals surface area contributed by atoms with E-state index in [1.807, 2.05) is 6.07 Å². The molecule has 2 nitrogen and oxygen atoms in total. The molecule has 0 heterocycles. The Kier molecular flexibility index (Phi) is 3.49. The Bertz CT molecular complexity index is 635. The fraction of sp³-hybridized carbons (Fsp3) is 0. The summed E-state index contributed by atoms with van der Waals surface area (Å²) in [6.07, 6.45) is 0. The number of halogens is 2. The molecule has 90 valence electrons. The minimum atomic E-state index is -0.635. The molecule has 2 rings (SSSR count). The number of hydrogen-bond donors (Lipinski definition) is 1. The van der Waals surface area contributed by atoms with Crippen molar-refractivity contribution >= 4 is 17.4 Å². The maximum Gasteiger partial charge on any atom is 0.140 e. The van der Waals surface area contributed by atoms with Gasteiger partial charge in [0, 0.05) is 21.5 Å². The van der Waals surface area contributed by atoms with Gasteiger partial charge in [-0.3, -0.25) is 0 Å². The first-order chi connectivity index (χ1) is 8.60. The lowest BCUT2D eigenvalue weighted by molar-refractivity contribution is 0.566. The largest absolute Gasteiger partial charge is 0.398 e. The average Bonchev–Trinajstić information content (AvgIpc) is 2.34. The zero-order chi connectivity index (χ0) is 13.1. The van der Waals surface area contributed by atoms with E-state index in [9.17, 15) is 8.78 Å². The molecule has 0 saturated carbocycles. The molecule has 0 radical (unpaired) electrons. The summed E-state index contributed by atoms with van der Waals surface area (Å²) in [6.45, 7) is 0. The fourth-order valence-electron chi connectivity index (χ4n) is 1.39. The van der Waals surface area contributed by atoms with Crippen LogP contribution in [0.4, 0.5) is 14.5 Å². The number of nitrogens with zero attached hydrogens (tertiary/aromatic N) is 1. The van der Waals surface area contributed by atoms with E-state index < -0.39 is 11.6 Å². The second-order valence-corrected chi connectivity index (χ2v) is 4.62. The van der Waals surface area contributed by atoms with Crippen LogP contribution in [0.15, 0.2) is 46.2 Å². The molecule has 0 aromatic heterocycles. The van der Waals surface area contributed by atoms with Crippen molar-refractivity contribution in [1.82, 2.24) is 0 Å². The SMILES string of the molecule is N#Cc1ccc(Sc2ccc(F)cc2F)c(N)c1. The van der Waals surface area contributed by atoms with Crippen molar-refractivity contribution in [3.05, 3.63) is 53.6 Å². The number of anilines is 1. The minimum Gasteiger partial charge on any atom is -0.398 e. The van der Waals surface area contributed by atoms with Crippen molar-refractivity contribution in [3.63, 3.8) is 0 Å². The molecule has 0 amide bonds. The molecule has 2 N–H and O–H groups in total. The molecule has 18 heavy (non-hydrogen) atoms. The van der Waals surface area contributed by atoms with Gasteiger partial charge in [0.1, 0.15) is 11.6 Å². The Morgan fingerprint density at radius 2 is 1.78 bits per heavy atom. The summed E-state index contributed by atoms with van der Waals surface area (Å²) in [7, 11) is 0. The number of rotatable bonds is 2. The molecule has 0 spiro atoms. The molecule has 2 aromatic carbocycles. The molecule has 0 aliphatic rings. The molecule has 0 atom stereocenters. The molecule has 0 aliphatic carbocycles. The third kappa shape index (κ3) is 2.60. The van der Waals surface area contributed by atoms with Crippen molar-refractivity contribution in [2.45, 2.75) is 9.79 Å². The number of nitrogen functional groups attached to an aromatic ring is 1. The normalized spacial score (nSPS) is 10.1. The van der Waals surface area contributed by atoms with Gasteiger partial charge in [0.25, 0.3) is 0 Å². The van der Waals surface area contributed by atoms with Crippen LogP contribution in [-0.2, 0) is 0 Å². The topological polar surface area (TPSA) is 49.8 Å². The van der Waals surface area contributed by atoms with Gasteiger partial charge in [-0.05, 0) is 30.3 Å². The minimum absolute atomic E-state index is 0.285. The first kappa shape index (κ1) is 12.4. The predicted octanol–water partition coefficient (Wildman–Crippen LogP) is 3.57. The second kappa shape index (κ2) is 5.07. The highest BCUT2D eigenvalue weighted by Gasteiger charge is 2.08. The molecule has 0 saturated heterocycles. The van der Waals surface area contributed by atoms with Gasteiger partial charge in [0.15, 0.2) is 0 Å². The first-order valence-corrected chi connectivity index (χ1v) is 5.84. The average molecular weight is 262 g/mol. The highest BCUT2D eigenvalue weighted by Crippen LogP contribution is 2.34. The standard InChI is InChI=1S/C13H8F2N2S/c14-9-2-4-12(10(15)6-9)18-13-3-1-8(7-16)5-11(13)17/h1-6H,17H2. The van der Waals surface area contributed by atoms with Crippen LogP contribution in [0.1, 0.15) is 5.56 Å². The molecule has 0 bridgehead atoms. The van der Waals surface area contributed by atoms with Gasteiger partial charge in [-0.25, -0.2) is 8.78 Å². The van der Waals surface area contributed by atoms with Crippen LogP contribution in [0.25, 0.3) is 0 Å². The van der Waals surface area contributed by atoms with Crippen LogP contribution < -0.4 is 5.73 Å². The van der Waals surface area contributed by atoms with E-state index in [1.165, 1.54) is 18.2 Å². The van der Waals surface area contributed by atoms with E-state index in [0.717, 1.165) is 17.8 Å². The smallest absolute Gasteiger partial charge is 0.140 e. The maximum atomic E-state index is 13.5. The van der Waals surface area contributed by atoms with Crippen LogP contribution >= 0.6 is 11.8 Å². The molecule has 5 heteroatoms. The first-order valence-electron chi connectivity index (χ1n) is 5.02. The Morgan fingerprint density at radius 3 is 2.39 bits per heavy atom.